The van der Waals surface area contributed by atoms with Crippen molar-refractivity contribution >= 4 is 23.4 Å². The first-order valence-corrected chi connectivity index (χ1v) is 10.3. The monoisotopic (exact) mass is 368 g/mol. The summed E-state index contributed by atoms with van der Waals surface area (Å²) in [5.74, 6) is 1.04. The summed E-state index contributed by atoms with van der Waals surface area (Å²) in [7, 11) is 0. The normalized spacial score (nSPS) is 15.2. The van der Waals surface area contributed by atoms with Gasteiger partial charge in [-0.2, -0.15) is 0 Å². The zero-order valence-corrected chi connectivity index (χ0v) is 16.6. The number of guanidine groups is 1. The highest BCUT2D eigenvalue weighted by Crippen LogP contribution is 2.19. The molecule has 0 aliphatic carbocycles. The lowest BCUT2D eigenvalue weighted by Gasteiger charge is -2.31. The zero-order valence-electron chi connectivity index (χ0n) is 15.7. The van der Waals surface area contributed by atoms with Gasteiger partial charge in [-0.05, 0) is 32.3 Å². The Hall–Kier alpha value is -2.14. The number of hydrogen-bond donors (Lipinski definition) is 1. The number of hydrogen-bond acceptors (Lipinski definition) is 3. The smallest absolute Gasteiger partial charge is 0.193 e. The van der Waals surface area contributed by atoms with Crippen LogP contribution < -0.4 is 5.32 Å². The molecule has 1 saturated heterocycles. The molecule has 0 radical (unpaired) electrons. The third-order valence-corrected chi connectivity index (χ3v) is 5.33. The minimum atomic E-state index is 0.786. The maximum Gasteiger partial charge on any atom is 0.193 e. The minimum absolute atomic E-state index is 0.786. The van der Waals surface area contributed by atoms with Crippen molar-refractivity contribution in [2.45, 2.75) is 33.1 Å². The van der Waals surface area contributed by atoms with E-state index in [2.05, 4.69) is 70.8 Å². The maximum atomic E-state index is 4.83. The van der Waals surface area contributed by atoms with Crippen LogP contribution in [-0.2, 0) is 6.42 Å². The van der Waals surface area contributed by atoms with Crippen LogP contribution in [0, 0.1) is 6.92 Å². The number of aliphatic imine (C=N–C) groups is 1. The van der Waals surface area contributed by atoms with Gasteiger partial charge < -0.3 is 10.2 Å². The fraction of sp³-hybridized carbons (Fsp3) is 0.429. The van der Waals surface area contributed by atoms with E-state index in [-0.39, 0.29) is 0 Å². The second-order valence-electron chi connectivity index (χ2n) is 6.54. The number of likely N-dealkylation sites (tertiary alicyclic amines) is 1. The van der Waals surface area contributed by atoms with Crippen LogP contribution in [0.2, 0.25) is 0 Å². The van der Waals surface area contributed by atoms with Crippen LogP contribution in [0.1, 0.15) is 36.0 Å². The van der Waals surface area contributed by atoms with E-state index in [9.17, 15) is 0 Å². The van der Waals surface area contributed by atoms with Crippen molar-refractivity contribution in [3.63, 3.8) is 0 Å². The zero-order chi connectivity index (χ0) is 18.2. The van der Waals surface area contributed by atoms with Gasteiger partial charge in [0.05, 0.1) is 10.7 Å². The number of benzene rings is 1. The van der Waals surface area contributed by atoms with Crippen molar-refractivity contribution in [1.82, 2.24) is 15.2 Å². The average Bonchev–Trinajstić information content (AvgIpc) is 3.08. The number of nitrogens with one attached hydrogen (secondary N) is 1. The van der Waals surface area contributed by atoms with Gasteiger partial charge in [0, 0.05) is 38.0 Å². The molecule has 3 rings (SSSR count). The number of rotatable bonds is 5. The Morgan fingerprint density at radius 2 is 2.04 bits per heavy atom. The van der Waals surface area contributed by atoms with Crippen molar-refractivity contribution in [3.8, 4) is 0 Å². The molecule has 2 aromatic rings. The summed E-state index contributed by atoms with van der Waals surface area (Å²) < 4.78 is 0. The molecule has 138 valence electrons. The van der Waals surface area contributed by atoms with Gasteiger partial charge in [-0.25, -0.2) is 4.98 Å². The van der Waals surface area contributed by atoms with Crippen molar-refractivity contribution in [2.24, 2.45) is 4.99 Å². The predicted molar refractivity (Wildman–Crippen MR) is 112 cm³/mol. The average molecular weight is 369 g/mol. The highest BCUT2D eigenvalue weighted by Gasteiger charge is 2.17. The van der Waals surface area contributed by atoms with E-state index in [1.54, 1.807) is 11.3 Å². The van der Waals surface area contributed by atoms with E-state index in [0.29, 0.717) is 0 Å². The van der Waals surface area contributed by atoms with E-state index < -0.39 is 0 Å². The predicted octanol–water partition coefficient (Wildman–Crippen LogP) is 4.14. The molecular weight excluding hydrogens is 340 g/mol. The Morgan fingerprint density at radius 3 is 2.69 bits per heavy atom. The topological polar surface area (TPSA) is 40.5 Å². The molecule has 2 heterocycles. The molecule has 1 fully saturated rings. The molecule has 1 aliphatic rings. The molecule has 0 amide bonds. The summed E-state index contributed by atoms with van der Waals surface area (Å²) in [6, 6.07) is 10.6. The van der Waals surface area contributed by atoms with Crippen molar-refractivity contribution in [2.75, 3.05) is 26.2 Å². The SMILES string of the molecule is CCNC(=NCCc1csc(C)n1)N1CCC(=Cc2ccccc2)CC1. The lowest BCUT2D eigenvalue weighted by Crippen LogP contribution is -2.44. The molecule has 0 spiro atoms. The highest BCUT2D eigenvalue weighted by atomic mass is 32.1. The van der Waals surface area contributed by atoms with Crippen molar-refractivity contribution in [1.29, 1.82) is 0 Å². The lowest BCUT2D eigenvalue weighted by molar-refractivity contribution is 0.375. The number of piperidine rings is 1. The van der Waals surface area contributed by atoms with Gasteiger partial charge in [0.15, 0.2) is 5.96 Å². The summed E-state index contributed by atoms with van der Waals surface area (Å²) >= 11 is 1.71. The summed E-state index contributed by atoms with van der Waals surface area (Å²) in [5.41, 5.74) is 3.98. The minimum Gasteiger partial charge on any atom is -0.357 e. The Bertz CT molecular complexity index is 738. The van der Waals surface area contributed by atoms with Gasteiger partial charge >= 0.3 is 0 Å². The molecule has 0 unspecified atom stereocenters. The second kappa shape index (κ2) is 9.53. The molecule has 1 aliphatic heterocycles. The van der Waals surface area contributed by atoms with Crippen LogP contribution in [0.25, 0.3) is 6.08 Å². The Morgan fingerprint density at radius 1 is 1.27 bits per heavy atom. The van der Waals surface area contributed by atoms with E-state index >= 15 is 0 Å². The van der Waals surface area contributed by atoms with Gasteiger partial charge in [0.1, 0.15) is 0 Å². The van der Waals surface area contributed by atoms with Crippen molar-refractivity contribution < 1.29 is 0 Å². The third kappa shape index (κ3) is 5.43. The Kier molecular flexibility index (Phi) is 6.83. The van der Waals surface area contributed by atoms with Crippen LogP contribution in [0.3, 0.4) is 0 Å². The van der Waals surface area contributed by atoms with E-state index in [4.69, 9.17) is 4.99 Å². The van der Waals surface area contributed by atoms with Crippen molar-refractivity contribution in [3.05, 3.63) is 57.6 Å². The number of nitrogens with zero attached hydrogens (tertiary/aromatic N) is 3. The van der Waals surface area contributed by atoms with Crippen LogP contribution >= 0.6 is 11.3 Å². The summed E-state index contributed by atoms with van der Waals surface area (Å²) in [6.45, 7) is 7.92. The van der Waals surface area contributed by atoms with Gasteiger partial charge in [-0.3, -0.25) is 4.99 Å². The lowest BCUT2D eigenvalue weighted by atomic mass is 10.0. The molecule has 5 heteroatoms. The molecule has 4 nitrogen and oxygen atoms in total. The fourth-order valence-electron chi connectivity index (χ4n) is 3.16. The Balaban J connectivity index is 1.55. The first kappa shape index (κ1) is 18.6. The quantitative estimate of drug-likeness (QED) is 0.637. The standard InChI is InChI=1S/C21H28N4S/c1-3-22-21(23-12-9-20-16-26-17(2)24-20)25-13-10-19(11-14-25)15-18-7-5-4-6-8-18/h4-8,15-16H,3,9-14H2,1-2H3,(H,22,23). The van der Waals surface area contributed by atoms with Gasteiger partial charge in [-0.15, -0.1) is 11.3 Å². The van der Waals surface area contributed by atoms with E-state index in [1.807, 2.05) is 0 Å². The van der Waals surface area contributed by atoms with Crippen LogP contribution in [-0.4, -0.2) is 42.0 Å². The number of thiazole rings is 1. The third-order valence-electron chi connectivity index (χ3n) is 4.51. The Labute approximate surface area is 160 Å². The molecule has 1 N–H and O–H groups in total. The molecule has 1 aromatic carbocycles. The number of aryl methyl sites for hydroxylation is 1. The number of aromatic nitrogens is 1. The molecule has 0 saturated carbocycles. The molecule has 0 bridgehead atoms. The molecule has 26 heavy (non-hydrogen) atoms. The summed E-state index contributed by atoms with van der Waals surface area (Å²) in [4.78, 5) is 11.7. The van der Waals surface area contributed by atoms with E-state index in [1.165, 1.54) is 11.1 Å². The van der Waals surface area contributed by atoms with Crippen LogP contribution in [0.4, 0.5) is 0 Å². The highest BCUT2D eigenvalue weighted by molar-refractivity contribution is 7.09. The van der Waals surface area contributed by atoms with Crippen LogP contribution in [0.5, 0.6) is 0 Å². The summed E-state index contributed by atoms with van der Waals surface area (Å²) in [6.07, 6.45) is 5.45. The largest absolute Gasteiger partial charge is 0.357 e. The van der Waals surface area contributed by atoms with Crippen LogP contribution in [0.15, 0.2) is 46.3 Å². The van der Waals surface area contributed by atoms with E-state index in [0.717, 1.165) is 62.1 Å². The first-order chi connectivity index (χ1) is 12.7. The maximum absolute atomic E-state index is 4.83. The second-order valence-corrected chi connectivity index (χ2v) is 7.61. The van der Waals surface area contributed by atoms with Gasteiger partial charge in [0.2, 0.25) is 0 Å². The van der Waals surface area contributed by atoms with Gasteiger partial charge in [0.25, 0.3) is 0 Å². The first-order valence-electron chi connectivity index (χ1n) is 9.43. The fourth-order valence-corrected chi connectivity index (χ4v) is 3.81. The molecular formula is C21H28N4S. The van der Waals surface area contributed by atoms with Gasteiger partial charge in [-0.1, -0.05) is 42.0 Å². The molecule has 1 aromatic heterocycles. The summed E-state index contributed by atoms with van der Waals surface area (Å²) in [5, 5.41) is 6.71. The molecule has 0 atom stereocenters.